The van der Waals surface area contributed by atoms with E-state index < -0.39 is 0 Å². The van der Waals surface area contributed by atoms with Crippen molar-refractivity contribution >= 4 is 29.0 Å². The molecule has 0 bridgehead atoms. The van der Waals surface area contributed by atoms with Crippen LogP contribution in [0.15, 0.2) is 53.6 Å². The second kappa shape index (κ2) is 7.51. The number of para-hydroxylation sites is 1. The number of hydrogen-bond acceptors (Lipinski definition) is 4. The number of aromatic nitrogens is 1. The van der Waals surface area contributed by atoms with Crippen LogP contribution < -0.4 is 0 Å². The Morgan fingerprint density at radius 1 is 1.12 bits per heavy atom. The molecule has 0 saturated carbocycles. The molecule has 1 saturated heterocycles. The van der Waals surface area contributed by atoms with Crippen molar-refractivity contribution in [1.29, 1.82) is 0 Å². The number of rotatable bonds is 6. The largest absolute Gasteiger partial charge is 0.385 e. The van der Waals surface area contributed by atoms with Crippen LogP contribution in [-0.2, 0) is 9.53 Å². The molecule has 2 amide bonds. The van der Waals surface area contributed by atoms with Crippen LogP contribution >= 0.6 is 11.8 Å². The lowest BCUT2D eigenvalue weighted by molar-refractivity contribution is -0.122. The minimum absolute atomic E-state index is 0.222. The van der Waals surface area contributed by atoms with Gasteiger partial charge in [0.1, 0.15) is 0 Å². The SMILES string of the molecule is COCCCN1C(=O)S/C(=C/c2cccn2-c2ccccc2)C1=O. The van der Waals surface area contributed by atoms with E-state index >= 15 is 0 Å². The van der Waals surface area contributed by atoms with Gasteiger partial charge in [0.15, 0.2) is 0 Å². The molecule has 1 fully saturated rings. The first-order valence-corrected chi connectivity index (χ1v) is 8.49. The second-order valence-corrected chi connectivity index (χ2v) is 6.31. The van der Waals surface area contributed by atoms with Crippen LogP contribution in [-0.4, -0.2) is 40.9 Å². The summed E-state index contributed by atoms with van der Waals surface area (Å²) in [6, 6.07) is 13.7. The number of amides is 2. The van der Waals surface area contributed by atoms with Crippen molar-refractivity contribution in [3.8, 4) is 5.69 Å². The van der Waals surface area contributed by atoms with Gasteiger partial charge in [0.2, 0.25) is 0 Å². The molecule has 124 valence electrons. The standard InChI is InChI=1S/C18H18N2O3S/c1-23-12-6-11-20-17(21)16(24-18(20)22)13-15-9-5-10-19(15)14-7-3-2-4-8-14/h2-5,7-10,13H,6,11-12H2,1H3/b16-13+. The Kier molecular flexibility index (Phi) is 5.17. The van der Waals surface area contributed by atoms with Gasteiger partial charge in [-0.1, -0.05) is 18.2 Å². The molecule has 24 heavy (non-hydrogen) atoms. The first-order valence-electron chi connectivity index (χ1n) is 7.68. The number of carbonyl (C=O) groups excluding carboxylic acids is 2. The van der Waals surface area contributed by atoms with E-state index in [4.69, 9.17) is 4.74 Å². The summed E-state index contributed by atoms with van der Waals surface area (Å²) in [5.41, 5.74) is 1.87. The van der Waals surface area contributed by atoms with Crippen molar-refractivity contribution in [2.45, 2.75) is 6.42 Å². The summed E-state index contributed by atoms with van der Waals surface area (Å²) in [7, 11) is 1.60. The summed E-state index contributed by atoms with van der Waals surface area (Å²) in [4.78, 5) is 26.2. The van der Waals surface area contributed by atoms with E-state index in [9.17, 15) is 9.59 Å². The van der Waals surface area contributed by atoms with Crippen LogP contribution in [0.4, 0.5) is 4.79 Å². The van der Waals surface area contributed by atoms with Gasteiger partial charge in [-0.05, 0) is 48.5 Å². The van der Waals surface area contributed by atoms with Crippen molar-refractivity contribution in [1.82, 2.24) is 9.47 Å². The number of carbonyl (C=O) groups is 2. The highest BCUT2D eigenvalue weighted by Gasteiger charge is 2.34. The molecule has 0 radical (unpaired) electrons. The summed E-state index contributed by atoms with van der Waals surface area (Å²) in [6.07, 6.45) is 4.35. The highest BCUT2D eigenvalue weighted by molar-refractivity contribution is 8.18. The molecule has 5 nitrogen and oxygen atoms in total. The summed E-state index contributed by atoms with van der Waals surface area (Å²) in [5, 5.41) is -0.222. The van der Waals surface area contributed by atoms with Crippen LogP contribution in [0, 0.1) is 0 Å². The summed E-state index contributed by atoms with van der Waals surface area (Å²) in [5.74, 6) is -0.234. The molecule has 1 aliphatic heterocycles. The van der Waals surface area contributed by atoms with Crippen molar-refractivity contribution in [3.05, 3.63) is 59.3 Å². The van der Waals surface area contributed by atoms with Gasteiger partial charge in [0, 0.05) is 37.8 Å². The quantitative estimate of drug-likeness (QED) is 0.595. The predicted octanol–water partition coefficient (Wildman–Crippen LogP) is 3.55. The topological polar surface area (TPSA) is 51.5 Å². The average Bonchev–Trinajstić information content (AvgIpc) is 3.16. The molecule has 0 aliphatic carbocycles. The normalized spacial score (nSPS) is 16.4. The zero-order chi connectivity index (χ0) is 16.9. The van der Waals surface area contributed by atoms with Crippen molar-refractivity contribution < 1.29 is 14.3 Å². The maximum Gasteiger partial charge on any atom is 0.293 e. The lowest BCUT2D eigenvalue weighted by Crippen LogP contribution is -2.29. The van der Waals surface area contributed by atoms with Gasteiger partial charge in [0.05, 0.1) is 4.91 Å². The van der Waals surface area contributed by atoms with Crippen molar-refractivity contribution in [2.24, 2.45) is 0 Å². The third kappa shape index (κ3) is 3.44. The molecule has 6 heteroatoms. The van der Waals surface area contributed by atoms with Crippen LogP contribution in [0.5, 0.6) is 0 Å². The molecule has 3 rings (SSSR count). The smallest absolute Gasteiger partial charge is 0.293 e. The highest BCUT2D eigenvalue weighted by Crippen LogP contribution is 2.32. The number of nitrogens with zero attached hydrogens (tertiary/aromatic N) is 2. The van der Waals surface area contributed by atoms with E-state index in [1.807, 2.05) is 53.2 Å². The summed E-state index contributed by atoms with van der Waals surface area (Å²) >= 11 is 0.986. The fourth-order valence-electron chi connectivity index (χ4n) is 2.53. The van der Waals surface area contributed by atoms with Crippen LogP contribution in [0.1, 0.15) is 12.1 Å². The lowest BCUT2D eigenvalue weighted by Gasteiger charge is -2.11. The first-order chi connectivity index (χ1) is 11.7. The average molecular weight is 342 g/mol. The van der Waals surface area contributed by atoms with E-state index in [1.165, 1.54) is 4.90 Å². The lowest BCUT2D eigenvalue weighted by atomic mass is 10.3. The van der Waals surface area contributed by atoms with Gasteiger partial charge in [-0.2, -0.15) is 0 Å². The Balaban J connectivity index is 1.82. The van der Waals surface area contributed by atoms with Crippen molar-refractivity contribution in [2.75, 3.05) is 20.3 Å². The molecule has 2 heterocycles. The van der Waals surface area contributed by atoms with Gasteiger partial charge in [-0.15, -0.1) is 0 Å². The highest BCUT2D eigenvalue weighted by atomic mass is 32.2. The van der Waals surface area contributed by atoms with E-state index in [1.54, 1.807) is 13.2 Å². The minimum Gasteiger partial charge on any atom is -0.385 e. The molecular formula is C18H18N2O3S. The molecule has 1 aromatic carbocycles. The minimum atomic E-state index is -0.234. The van der Waals surface area contributed by atoms with Gasteiger partial charge in [0.25, 0.3) is 11.1 Å². The van der Waals surface area contributed by atoms with Crippen LogP contribution in [0.3, 0.4) is 0 Å². The number of methoxy groups -OCH3 is 1. The van der Waals surface area contributed by atoms with Crippen molar-refractivity contribution in [3.63, 3.8) is 0 Å². The van der Waals surface area contributed by atoms with Gasteiger partial charge in [-0.3, -0.25) is 14.5 Å². The van der Waals surface area contributed by atoms with Gasteiger partial charge in [-0.25, -0.2) is 0 Å². The van der Waals surface area contributed by atoms with Gasteiger partial charge < -0.3 is 9.30 Å². The Labute approximate surface area is 144 Å². The number of benzene rings is 1. The number of hydrogen-bond donors (Lipinski definition) is 0. The van der Waals surface area contributed by atoms with E-state index in [0.29, 0.717) is 24.5 Å². The Bertz CT molecular complexity index is 768. The zero-order valence-electron chi connectivity index (χ0n) is 13.3. The summed E-state index contributed by atoms with van der Waals surface area (Å²) in [6.45, 7) is 0.910. The van der Waals surface area contributed by atoms with E-state index in [2.05, 4.69) is 0 Å². The molecule has 1 aromatic heterocycles. The predicted molar refractivity (Wildman–Crippen MR) is 94.9 cm³/mol. The zero-order valence-corrected chi connectivity index (χ0v) is 14.2. The van der Waals surface area contributed by atoms with Gasteiger partial charge >= 0.3 is 0 Å². The molecule has 2 aromatic rings. The number of thioether (sulfide) groups is 1. The first kappa shape index (κ1) is 16.5. The van der Waals surface area contributed by atoms with E-state index in [-0.39, 0.29) is 11.1 Å². The maximum absolute atomic E-state index is 12.5. The molecule has 0 N–H and O–H groups in total. The molecule has 1 aliphatic rings. The third-order valence-electron chi connectivity index (χ3n) is 3.70. The van der Waals surface area contributed by atoms with Crippen LogP contribution in [0.25, 0.3) is 11.8 Å². The number of imide groups is 1. The number of ether oxygens (including phenoxy) is 1. The molecule has 0 atom stereocenters. The maximum atomic E-state index is 12.5. The fraction of sp³-hybridized carbons (Fsp3) is 0.222. The monoisotopic (exact) mass is 342 g/mol. The Morgan fingerprint density at radius 2 is 1.92 bits per heavy atom. The third-order valence-corrected chi connectivity index (χ3v) is 4.60. The fourth-order valence-corrected chi connectivity index (χ4v) is 3.38. The Morgan fingerprint density at radius 3 is 2.67 bits per heavy atom. The molecular weight excluding hydrogens is 324 g/mol. The van der Waals surface area contributed by atoms with E-state index in [0.717, 1.165) is 23.1 Å². The molecule has 0 unspecified atom stereocenters. The second-order valence-electron chi connectivity index (χ2n) is 5.32. The Hall–Kier alpha value is -2.31. The van der Waals surface area contributed by atoms with Crippen LogP contribution in [0.2, 0.25) is 0 Å². The molecule has 0 spiro atoms. The summed E-state index contributed by atoms with van der Waals surface area (Å²) < 4.78 is 6.96.